The maximum Gasteiger partial charge on any atom is 0.463 e. The van der Waals surface area contributed by atoms with Crippen LogP contribution in [0.1, 0.15) is 28.9 Å². The molecular formula is C41H38N3O5P. The first-order valence-corrected chi connectivity index (χ1v) is 17.9. The Morgan fingerprint density at radius 3 is 1.70 bits per heavy atom. The second-order valence-electron chi connectivity index (χ2n) is 11.3. The van der Waals surface area contributed by atoms with E-state index in [4.69, 9.17) is 13.8 Å². The minimum Gasteiger partial charge on any atom is -0.462 e. The van der Waals surface area contributed by atoms with Gasteiger partial charge in [0.2, 0.25) is 0 Å². The third-order valence-electron chi connectivity index (χ3n) is 7.72. The lowest BCUT2D eigenvalue weighted by molar-refractivity contribution is 0.0526. The zero-order valence-corrected chi connectivity index (χ0v) is 28.5. The Kier molecular flexibility index (Phi) is 11.1. The van der Waals surface area contributed by atoms with E-state index in [9.17, 15) is 4.79 Å². The van der Waals surface area contributed by atoms with Gasteiger partial charge in [-0.2, -0.15) is 0 Å². The third-order valence-corrected chi connectivity index (χ3v) is 9.60. The van der Waals surface area contributed by atoms with Crippen LogP contribution in [0.15, 0.2) is 164 Å². The summed E-state index contributed by atoms with van der Waals surface area (Å²) in [6, 6.07) is 50.1. The summed E-state index contributed by atoms with van der Waals surface area (Å²) in [5, 5.41) is 10.9. The van der Waals surface area contributed by atoms with Gasteiger partial charge in [-0.15, -0.1) is 0 Å². The van der Waals surface area contributed by atoms with Crippen molar-refractivity contribution in [3.05, 3.63) is 175 Å². The highest BCUT2D eigenvalue weighted by molar-refractivity contribution is 7.63. The lowest BCUT2D eigenvalue weighted by atomic mass is 10.0. The molecule has 8 nitrogen and oxygen atoms in total. The van der Waals surface area contributed by atoms with Crippen molar-refractivity contribution < 1.29 is 23.1 Å². The molecule has 0 heterocycles. The largest absolute Gasteiger partial charge is 0.463 e. The molecule has 0 aromatic heterocycles. The molecule has 0 radical (unpaired) electrons. The van der Waals surface area contributed by atoms with Gasteiger partial charge < -0.3 is 29.7 Å². The van der Waals surface area contributed by atoms with Crippen molar-refractivity contribution in [2.45, 2.75) is 13.0 Å². The monoisotopic (exact) mass is 683 g/mol. The number of carbonyl (C=O) groups excluding carboxylic acids is 1. The van der Waals surface area contributed by atoms with Crippen LogP contribution in [-0.4, -0.2) is 19.1 Å². The van der Waals surface area contributed by atoms with E-state index in [0.29, 0.717) is 46.8 Å². The number of esters is 1. The molecule has 0 aliphatic carbocycles. The van der Waals surface area contributed by atoms with Crippen molar-refractivity contribution in [2.75, 3.05) is 29.1 Å². The highest BCUT2D eigenvalue weighted by atomic mass is 31.2. The van der Waals surface area contributed by atoms with Crippen molar-refractivity contribution in [3.8, 4) is 11.5 Å². The highest BCUT2D eigenvalue weighted by Crippen LogP contribution is 2.50. The number of benzene rings is 6. The van der Waals surface area contributed by atoms with Crippen LogP contribution in [0.4, 0.5) is 22.7 Å². The van der Waals surface area contributed by atoms with Gasteiger partial charge in [-0.3, -0.25) is 0 Å². The van der Waals surface area contributed by atoms with Crippen LogP contribution < -0.4 is 30.3 Å². The fourth-order valence-corrected chi connectivity index (χ4v) is 7.21. The number of ether oxygens (including phenoxy) is 1. The molecule has 1 atom stereocenters. The summed E-state index contributed by atoms with van der Waals surface area (Å²) >= 11 is 0. The molecule has 6 aromatic carbocycles. The van der Waals surface area contributed by atoms with E-state index >= 15 is 4.57 Å². The molecule has 9 heteroatoms. The Hall–Kier alpha value is -5.98. The Morgan fingerprint density at radius 2 is 1.14 bits per heavy atom. The SMILES string of the molecule is CCOC(=O)c1ccc(NCC(Nc2ccccc2)c2ccc(Nc3ccccc3)cc2P(=O)(Oc2ccccc2)Oc2ccccc2)cc1. The molecule has 1 unspecified atom stereocenters. The summed E-state index contributed by atoms with van der Waals surface area (Å²) in [4.78, 5) is 12.2. The average Bonchev–Trinajstić information content (AvgIpc) is 3.15. The van der Waals surface area contributed by atoms with Crippen molar-refractivity contribution in [3.63, 3.8) is 0 Å². The standard InChI is InChI=1S/C41H38N3O5P/c1-2-47-41(45)31-23-25-32(26-24-31)42-30-39(44-34-17-9-4-10-18-34)38-28-27-35(43-33-15-7-3-8-16-33)29-40(38)50(46,48-36-19-11-5-12-20-36)49-37-21-13-6-14-22-37/h3-29,39,42-44H,2,30H2,1H3. The van der Waals surface area contributed by atoms with E-state index in [1.807, 2.05) is 127 Å². The first-order chi connectivity index (χ1) is 24.5. The van der Waals surface area contributed by atoms with Crippen molar-refractivity contribution in [1.29, 1.82) is 0 Å². The molecule has 6 rings (SSSR count). The topological polar surface area (TPSA) is 97.9 Å². The molecule has 252 valence electrons. The second kappa shape index (κ2) is 16.4. The normalized spacial score (nSPS) is 11.5. The van der Waals surface area contributed by atoms with Crippen molar-refractivity contribution in [2.24, 2.45) is 0 Å². The third kappa shape index (κ3) is 8.92. The van der Waals surface area contributed by atoms with Crippen molar-refractivity contribution in [1.82, 2.24) is 0 Å². The van der Waals surface area contributed by atoms with Crippen LogP contribution in [-0.2, 0) is 9.30 Å². The van der Waals surface area contributed by atoms with Gasteiger partial charge in [0.25, 0.3) is 0 Å². The molecule has 0 saturated heterocycles. The summed E-state index contributed by atoms with van der Waals surface area (Å²) in [7, 11) is -4.12. The smallest absolute Gasteiger partial charge is 0.462 e. The lowest BCUT2D eigenvalue weighted by Crippen LogP contribution is -2.28. The fraction of sp³-hybridized carbons (Fsp3) is 0.0976. The van der Waals surface area contributed by atoms with Crippen LogP contribution >= 0.6 is 7.60 Å². The zero-order valence-electron chi connectivity index (χ0n) is 27.6. The maximum absolute atomic E-state index is 15.4. The van der Waals surface area contributed by atoms with Crippen LogP contribution in [0.25, 0.3) is 0 Å². The van der Waals surface area contributed by atoms with E-state index in [2.05, 4.69) is 16.0 Å². The van der Waals surface area contributed by atoms with Gasteiger partial charge in [0.1, 0.15) is 11.5 Å². The summed E-state index contributed by atoms with van der Waals surface area (Å²) in [5.74, 6) is 0.446. The Bertz CT molecular complexity index is 1970. The number of para-hydroxylation sites is 4. The quantitative estimate of drug-likeness (QED) is 0.0727. The summed E-state index contributed by atoms with van der Waals surface area (Å²) in [6.07, 6.45) is 0. The first kappa shape index (κ1) is 33.9. The number of anilines is 4. The van der Waals surface area contributed by atoms with E-state index < -0.39 is 13.6 Å². The molecule has 0 spiro atoms. The van der Waals surface area contributed by atoms with E-state index in [1.54, 1.807) is 43.3 Å². The van der Waals surface area contributed by atoms with Crippen molar-refractivity contribution >= 4 is 41.6 Å². The summed E-state index contributed by atoms with van der Waals surface area (Å²) in [5.41, 5.74) is 4.43. The first-order valence-electron chi connectivity index (χ1n) is 16.4. The maximum atomic E-state index is 15.4. The number of carbonyl (C=O) groups is 1. The fourth-order valence-electron chi connectivity index (χ4n) is 5.33. The molecule has 0 bridgehead atoms. The predicted octanol–water partition coefficient (Wildman–Crippen LogP) is 9.85. The zero-order chi connectivity index (χ0) is 34.6. The van der Waals surface area contributed by atoms with Crippen LogP contribution in [0.3, 0.4) is 0 Å². The molecule has 0 aliphatic heterocycles. The predicted molar refractivity (Wildman–Crippen MR) is 201 cm³/mol. The minimum atomic E-state index is -4.12. The number of hydrogen-bond acceptors (Lipinski definition) is 8. The molecule has 0 saturated carbocycles. The van der Waals surface area contributed by atoms with Crippen LogP contribution in [0.5, 0.6) is 11.5 Å². The lowest BCUT2D eigenvalue weighted by Gasteiger charge is -2.28. The molecule has 6 aromatic rings. The van der Waals surface area contributed by atoms with E-state index in [0.717, 1.165) is 17.1 Å². The Balaban J connectivity index is 1.43. The van der Waals surface area contributed by atoms with Gasteiger partial charge >= 0.3 is 13.6 Å². The van der Waals surface area contributed by atoms with Crippen LogP contribution in [0, 0.1) is 0 Å². The van der Waals surface area contributed by atoms with Gasteiger partial charge in [-0.1, -0.05) is 78.9 Å². The Morgan fingerprint density at radius 1 is 0.620 bits per heavy atom. The molecular weight excluding hydrogens is 645 g/mol. The highest BCUT2D eigenvalue weighted by Gasteiger charge is 2.36. The molecule has 0 fully saturated rings. The van der Waals surface area contributed by atoms with Crippen LogP contribution in [0.2, 0.25) is 0 Å². The molecule has 3 N–H and O–H groups in total. The number of rotatable bonds is 15. The Labute approximate surface area is 292 Å². The van der Waals surface area contributed by atoms with Gasteiger partial charge in [-0.25, -0.2) is 9.36 Å². The average molecular weight is 684 g/mol. The van der Waals surface area contributed by atoms with E-state index in [-0.39, 0.29) is 5.97 Å². The van der Waals surface area contributed by atoms with E-state index in [1.165, 1.54) is 0 Å². The molecule has 0 aliphatic rings. The van der Waals surface area contributed by atoms with Gasteiger partial charge in [0.05, 0.1) is 23.5 Å². The van der Waals surface area contributed by atoms with Gasteiger partial charge in [0, 0.05) is 29.3 Å². The number of hydrogen-bond donors (Lipinski definition) is 3. The molecule has 0 amide bonds. The second-order valence-corrected chi connectivity index (χ2v) is 13.2. The number of nitrogens with one attached hydrogen (secondary N) is 3. The summed E-state index contributed by atoms with van der Waals surface area (Å²) < 4.78 is 33.3. The van der Waals surface area contributed by atoms with Gasteiger partial charge in [0.15, 0.2) is 0 Å². The summed E-state index contributed by atoms with van der Waals surface area (Å²) in [6.45, 7) is 2.46. The molecule has 50 heavy (non-hydrogen) atoms. The van der Waals surface area contributed by atoms with Gasteiger partial charge in [-0.05, 0) is 97.4 Å². The minimum absolute atomic E-state index is 0.305.